The molecule has 0 fully saturated rings. The summed E-state index contributed by atoms with van der Waals surface area (Å²) in [5, 5.41) is 9.62. The van der Waals surface area contributed by atoms with Gasteiger partial charge in [0.1, 0.15) is 12.7 Å². The molecule has 0 rings (SSSR count). The van der Waals surface area contributed by atoms with E-state index in [9.17, 15) is 19.4 Å². The molecule has 202 valence electrons. The number of hydrogen-bond acceptors (Lipinski definition) is 8. The average Bonchev–Trinajstić information content (AvgIpc) is 2.78. The summed E-state index contributed by atoms with van der Waals surface area (Å²) >= 11 is 0. The molecule has 0 heterocycles. The van der Waals surface area contributed by atoms with Crippen LogP contribution in [0.3, 0.4) is 0 Å². The SMILES string of the molecule is CC#CC#CC#CC#CC#CC#CC#CC#CC(=O)OCC(O)COP(=O)([O-])OCCN(C)C.[HH].[HH].[HH].[HH].[HH].[HH].[HH].[HH].[HH].[HH].[HH].[HH].[HH].[HH].[HH]. The highest BCUT2D eigenvalue weighted by atomic mass is 31.2. The van der Waals surface area contributed by atoms with Gasteiger partial charge in [-0.1, -0.05) is 5.92 Å². The van der Waals surface area contributed by atoms with Crippen molar-refractivity contribution in [1.82, 2.24) is 4.90 Å². The smallest absolute Gasteiger partial charge is 0.385 e. The molecule has 9 heteroatoms. The molecule has 1 N–H and O–H groups in total. The van der Waals surface area contributed by atoms with E-state index in [2.05, 4.69) is 103 Å². The molecular formula is C25H49NO7P-. The van der Waals surface area contributed by atoms with Gasteiger partial charge in [-0.15, -0.1) is 0 Å². The van der Waals surface area contributed by atoms with Crippen LogP contribution in [0.25, 0.3) is 0 Å². The first-order chi connectivity index (χ1) is 16.3. The first kappa shape index (κ1) is 30.0. The van der Waals surface area contributed by atoms with E-state index >= 15 is 0 Å². The van der Waals surface area contributed by atoms with Crippen molar-refractivity contribution in [3.63, 3.8) is 0 Å². The molecule has 0 saturated carbocycles. The second-order valence-electron chi connectivity index (χ2n) is 5.76. The molecule has 0 spiro atoms. The first-order valence-electron chi connectivity index (χ1n) is 9.29. The maximum Gasteiger partial charge on any atom is 0.385 e. The van der Waals surface area contributed by atoms with Crippen LogP contribution in [-0.2, 0) is 23.1 Å². The minimum Gasteiger partial charge on any atom is -0.756 e. The number of ether oxygens (including phenoxy) is 1. The quantitative estimate of drug-likeness (QED) is 0.220. The van der Waals surface area contributed by atoms with E-state index in [0.29, 0.717) is 6.54 Å². The van der Waals surface area contributed by atoms with Crippen LogP contribution in [-0.4, -0.2) is 62.5 Å². The molecule has 0 bridgehead atoms. The van der Waals surface area contributed by atoms with E-state index in [1.807, 2.05) is 5.92 Å². The number of nitrogens with zero attached hydrogens (tertiary/aromatic N) is 1. The standard InChI is InChI=1S/C25H20NO7P.15H2/c1-4-5-6-7-8-9-10-11-12-13-14-15-16-17-18-19-25(28)31-22-24(27)23-33-34(29,30)32-21-20-26(2)3;;;;;;;;;;;;;;;/h24,27H,20-23H2,1-3H3,(H,29,30);15*1H/p-1. The maximum atomic E-state index is 11.5. The highest BCUT2D eigenvalue weighted by Gasteiger charge is 2.14. The largest absolute Gasteiger partial charge is 0.756 e. The van der Waals surface area contributed by atoms with Crippen LogP contribution < -0.4 is 4.89 Å². The van der Waals surface area contributed by atoms with Gasteiger partial charge in [0.15, 0.2) is 0 Å². The Labute approximate surface area is 222 Å². The number of carbonyl (C=O) groups is 1. The predicted octanol–water partition coefficient (Wildman–Crippen LogP) is 2.69. The number of phosphoric acid groups is 1. The summed E-state index contributed by atoms with van der Waals surface area (Å²) in [6.07, 6.45) is -1.39. The van der Waals surface area contributed by atoms with Crippen molar-refractivity contribution >= 4 is 13.8 Å². The van der Waals surface area contributed by atoms with Gasteiger partial charge in [-0.05, 0) is 104 Å². The zero-order chi connectivity index (χ0) is 25.5. The first-order valence-corrected chi connectivity index (χ1v) is 10.8. The van der Waals surface area contributed by atoms with E-state index in [-0.39, 0.29) is 28.0 Å². The van der Waals surface area contributed by atoms with Crippen LogP contribution in [0, 0.1) is 94.7 Å². The van der Waals surface area contributed by atoms with Crippen LogP contribution >= 0.6 is 7.82 Å². The summed E-state index contributed by atoms with van der Waals surface area (Å²) in [7, 11) is -1.08. The van der Waals surface area contributed by atoms with Gasteiger partial charge in [-0.3, -0.25) is 4.57 Å². The minimum atomic E-state index is -4.56. The topological polar surface area (TPSA) is 108 Å². The third kappa shape index (κ3) is 21.2. The summed E-state index contributed by atoms with van der Waals surface area (Å²) in [4.78, 5) is 24.6. The van der Waals surface area contributed by atoms with Crippen LogP contribution in [0.5, 0.6) is 0 Å². The molecule has 34 heavy (non-hydrogen) atoms. The van der Waals surface area contributed by atoms with Crippen molar-refractivity contribution in [2.75, 3.05) is 40.5 Å². The molecule has 0 aliphatic rings. The van der Waals surface area contributed by atoms with Crippen LogP contribution in [0.1, 0.15) is 28.3 Å². The molecule has 8 nitrogen and oxygen atoms in total. The van der Waals surface area contributed by atoms with E-state index in [1.54, 1.807) is 25.9 Å². The molecule has 0 aliphatic carbocycles. The lowest BCUT2D eigenvalue weighted by molar-refractivity contribution is -0.227. The molecule has 2 atom stereocenters. The number of esters is 1. The Morgan fingerprint density at radius 3 is 1.82 bits per heavy atom. The van der Waals surface area contributed by atoms with E-state index in [0.717, 1.165) is 0 Å². The van der Waals surface area contributed by atoms with Crippen LogP contribution in [0.4, 0.5) is 0 Å². The van der Waals surface area contributed by atoms with Crippen LogP contribution in [0.2, 0.25) is 0 Å². The number of hydrogen-bond donors (Lipinski definition) is 1. The third-order valence-electron chi connectivity index (χ3n) is 2.72. The molecule has 0 aromatic heterocycles. The number of aliphatic hydroxyl groups excluding tert-OH is 1. The summed E-state index contributed by atoms with van der Waals surface area (Å²) < 4.78 is 25.2. The normalized spacial score (nSPS) is 10.5. The Morgan fingerprint density at radius 1 is 0.882 bits per heavy atom. The van der Waals surface area contributed by atoms with Gasteiger partial charge in [-0.25, -0.2) is 4.79 Å². The van der Waals surface area contributed by atoms with Crippen molar-refractivity contribution in [3.8, 4) is 94.7 Å². The summed E-state index contributed by atoms with van der Waals surface area (Å²) in [6, 6.07) is 0. The van der Waals surface area contributed by atoms with Crippen molar-refractivity contribution in [1.29, 1.82) is 0 Å². The monoisotopic (exact) mass is 506 g/mol. The van der Waals surface area contributed by atoms with Gasteiger partial charge in [0.2, 0.25) is 0 Å². The molecule has 0 radical (unpaired) electrons. The number of carbonyl (C=O) groups excluding carboxylic acids is 1. The molecule has 0 amide bonds. The summed E-state index contributed by atoms with van der Waals surface area (Å²) in [5.41, 5.74) is 0. The van der Waals surface area contributed by atoms with Gasteiger partial charge < -0.3 is 28.7 Å². The van der Waals surface area contributed by atoms with Gasteiger partial charge >= 0.3 is 5.97 Å². The van der Waals surface area contributed by atoms with Crippen molar-refractivity contribution in [2.24, 2.45) is 0 Å². The summed E-state index contributed by atoms with van der Waals surface area (Å²) in [6.45, 7) is 0.771. The second kappa shape index (κ2) is 19.6. The highest BCUT2D eigenvalue weighted by molar-refractivity contribution is 7.45. The van der Waals surface area contributed by atoms with Crippen molar-refractivity contribution in [2.45, 2.75) is 13.0 Å². The zero-order valence-electron chi connectivity index (χ0n) is 18.7. The summed E-state index contributed by atoms with van der Waals surface area (Å²) in [5.74, 6) is 37.5. The maximum absolute atomic E-state index is 11.5. The molecule has 2 unspecified atom stereocenters. The molecule has 0 aromatic carbocycles. The fraction of sp³-hybridized carbons (Fsp3) is 0.320. The fourth-order valence-corrected chi connectivity index (χ4v) is 2.06. The van der Waals surface area contributed by atoms with E-state index in [1.165, 1.54) is 0 Å². The number of likely N-dealkylation sites (N-methyl/N-ethyl adjacent to an activating group) is 1. The van der Waals surface area contributed by atoms with E-state index in [4.69, 9.17) is 0 Å². The number of rotatable bonds is 9. The van der Waals surface area contributed by atoms with Crippen LogP contribution in [0.15, 0.2) is 0 Å². The van der Waals surface area contributed by atoms with Crippen molar-refractivity contribution in [3.05, 3.63) is 0 Å². The van der Waals surface area contributed by atoms with Gasteiger partial charge in [0.05, 0.1) is 13.2 Å². The number of aliphatic hydroxyl groups is 1. The minimum absolute atomic E-state index is 0. The lowest BCUT2D eigenvalue weighted by Crippen LogP contribution is -2.25. The highest BCUT2D eigenvalue weighted by Crippen LogP contribution is 2.37. The lowest BCUT2D eigenvalue weighted by atomic mass is 10.4. The van der Waals surface area contributed by atoms with E-state index < -0.39 is 33.1 Å². The Balaban J connectivity index is -0.0000000519. The average molecular weight is 507 g/mol. The molecule has 0 aliphatic heterocycles. The Hall–Kier alpha value is -4.02. The molecule has 0 aromatic rings. The Bertz CT molecular complexity index is 1300. The molecule has 0 saturated heterocycles. The Morgan fingerprint density at radius 2 is 1.35 bits per heavy atom. The zero-order valence-corrected chi connectivity index (χ0v) is 19.6. The van der Waals surface area contributed by atoms with Crippen molar-refractivity contribution < 1.29 is 54.5 Å². The molecular weight excluding hydrogens is 457 g/mol. The fourth-order valence-electron chi connectivity index (χ4n) is 1.33. The third-order valence-corrected chi connectivity index (χ3v) is 3.69. The predicted molar refractivity (Wildman–Crippen MR) is 155 cm³/mol. The Kier molecular flexibility index (Phi) is 17.3. The lowest BCUT2D eigenvalue weighted by Gasteiger charge is -2.24. The van der Waals surface area contributed by atoms with Gasteiger partial charge in [0, 0.05) is 33.9 Å². The number of phosphoric ester groups is 1. The second-order valence-corrected chi connectivity index (χ2v) is 7.17. The van der Waals surface area contributed by atoms with Gasteiger partial charge in [0.25, 0.3) is 7.82 Å². The van der Waals surface area contributed by atoms with Gasteiger partial charge in [-0.2, -0.15) is 0 Å².